The van der Waals surface area contributed by atoms with Gasteiger partial charge in [0.1, 0.15) is 6.04 Å². The van der Waals surface area contributed by atoms with Gasteiger partial charge in [0.25, 0.3) is 0 Å². The van der Waals surface area contributed by atoms with Crippen LogP contribution in [0.25, 0.3) is 11.1 Å². The van der Waals surface area contributed by atoms with E-state index in [0.717, 1.165) is 11.1 Å². The molecule has 11 nitrogen and oxygen atoms in total. The number of hydrogen-bond donors (Lipinski definition) is 4. The average Bonchev–Trinajstić information content (AvgIpc) is 3.26. The van der Waals surface area contributed by atoms with Gasteiger partial charge >= 0.3 is 0 Å². The van der Waals surface area contributed by atoms with E-state index in [1.54, 1.807) is 44.6 Å². The number of amides is 3. The Balaban J connectivity index is 1.82. The fourth-order valence-electron chi connectivity index (χ4n) is 5.79. The van der Waals surface area contributed by atoms with Gasteiger partial charge in [0.2, 0.25) is 28.9 Å². The van der Waals surface area contributed by atoms with Gasteiger partial charge in [0.15, 0.2) is 11.5 Å². The Bertz CT molecular complexity index is 1690. The normalized spacial score (nSPS) is 14.7. The van der Waals surface area contributed by atoms with Crippen LogP contribution in [0.3, 0.4) is 0 Å². The first-order valence-corrected chi connectivity index (χ1v) is 15.2. The molecule has 11 heteroatoms. The summed E-state index contributed by atoms with van der Waals surface area (Å²) in [4.78, 5) is 51.3. The topological polar surface area (TPSA) is 144 Å². The summed E-state index contributed by atoms with van der Waals surface area (Å²) in [6, 6.07) is 12.5. The lowest BCUT2D eigenvalue weighted by molar-refractivity contribution is -0.120. The maximum atomic E-state index is 13.9. The summed E-state index contributed by atoms with van der Waals surface area (Å²) in [6.07, 6.45) is 1.77. The average molecular weight is 631 g/mol. The number of carbonyl (C=O) groups excluding carboxylic acids is 3. The summed E-state index contributed by atoms with van der Waals surface area (Å²) < 4.78 is 17.1. The van der Waals surface area contributed by atoms with Gasteiger partial charge in [-0.1, -0.05) is 32.4 Å². The summed E-state index contributed by atoms with van der Waals surface area (Å²) in [5, 5.41) is 11.8. The Morgan fingerprint density at radius 2 is 1.59 bits per heavy atom. The second-order valence-corrected chi connectivity index (χ2v) is 11.4. The fourth-order valence-corrected chi connectivity index (χ4v) is 5.79. The van der Waals surface area contributed by atoms with Crippen LogP contribution in [0.2, 0.25) is 0 Å². The van der Waals surface area contributed by atoms with Crippen molar-refractivity contribution in [2.75, 3.05) is 37.3 Å². The molecule has 3 amide bonds. The number of benzene rings is 2. The van der Waals surface area contributed by atoms with Crippen LogP contribution < -0.4 is 40.9 Å². The molecule has 0 saturated carbocycles. The molecule has 0 aromatic heterocycles. The van der Waals surface area contributed by atoms with Crippen molar-refractivity contribution in [2.24, 2.45) is 5.92 Å². The minimum absolute atomic E-state index is 0.147. The van der Waals surface area contributed by atoms with E-state index < -0.39 is 12.1 Å². The smallest absolute Gasteiger partial charge is 0.247 e. The van der Waals surface area contributed by atoms with Gasteiger partial charge in [-0.2, -0.15) is 0 Å². The first-order chi connectivity index (χ1) is 22.0. The van der Waals surface area contributed by atoms with E-state index in [-0.39, 0.29) is 34.8 Å². The molecule has 3 atom stereocenters. The van der Waals surface area contributed by atoms with Gasteiger partial charge in [0.05, 0.1) is 33.1 Å². The molecule has 0 bridgehead atoms. The summed E-state index contributed by atoms with van der Waals surface area (Å²) in [7, 11) is 4.63. The van der Waals surface area contributed by atoms with E-state index >= 15 is 0 Å². The lowest BCUT2D eigenvalue weighted by Crippen LogP contribution is -2.40. The molecular formula is C35H42N4O7. The Morgan fingerprint density at radius 1 is 0.891 bits per heavy atom. The molecule has 4 N–H and O–H groups in total. The van der Waals surface area contributed by atoms with Gasteiger partial charge in [0, 0.05) is 30.8 Å². The van der Waals surface area contributed by atoms with E-state index in [0.29, 0.717) is 59.0 Å². The zero-order chi connectivity index (χ0) is 33.5. The molecule has 1 aliphatic rings. The number of carbonyl (C=O) groups is 3. The molecule has 3 unspecified atom stereocenters. The molecule has 1 aliphatic carbocycles. The molecule has 0 heterocycles. The first-order valence-electron chi connectivity index (χ1n) is 15.2. The lowest BCUT2D eigenvalue weighted by Gasteiger charge is -2.24. The van der Waals surface area contributed by atoms with Crippen molar-refractivity contribution in [3.05, 3.63) is 69.9 Å². The van der Waals surface area contributed by atoms with Crippen molar-refractivity contribution in [1.82, 2.24) is 5.32 Å². The summed E-state index contributed by atoms with van der Waals surface area (Å²) in [6.45, 7) is 6.76. The predicted molar refractivity (Wildman–Crippen MR) is 179 cm³/mol. The third kappa shape index (κ3) is 7.42. The molecule has 0 spiro atoms. The van der Waals surface area contributed by atoms with Crippen molar-refractivity contribution < 1.29 is 28.6 Å². The highest BCUT2D eigenvalue weighted by Gasteiger charge is 2.30. The SMILES string of the molecule is CCC(C)C(Nc1ccc2c(cc1=O)C(NC(C)=O)CCc1cc(OC)c(OC)c(OC)c1-2)C(=O)Nc1cccc(NC(C)=O)c1. The maximum absolute atomic E-state index is 13.9. The van der Waals surface area contributed by atoms with Crippen LogP contribution in [0.1, 0.15) is 57.7 Å². The number of aryl methyl sites for hydroxylation is 1. The van der Waals surface area contributed by atoms with Crippen LogP contribution in [0, 0.1) is 5.92 Å². The fraction of sp³-hybridized carbons (Fsp3) is 0.371. The highest BCUT2D eigenvalue weighted by Crippen LogP contribution is 2.50. The van der Waals surface area contributed by atoms with Crippen LogP contribution >= 0.6 is 0 Å². The number of hydrogen-bond acceptors (Lipinski definition) is 8. The summed E-state index contributed by atoms with van der Waals surface area (Å²) in [5.41, 5.74) is 3.90. The molecule has 4 rings (SSSR count). The van der Waals surface area contributed by atoms with Gasteiger partial charge < -0.3 is 35.5 Å². The van der Waals surface area contributed by atoms with Crippen LogP contribution in [0.5, 0.6) is 17.2 Å². The maximum Gasteiger partial charge on any atom is 0.247 e. The van der Waals surface area contributed by atoms with Gasteiger partial charge in [-0.25, -0.2) is 0 Å². The molecule has 244 valence electrons. The molecule has 0 fully saturated rings. The first kappa shape index (κ1) is 33.8. The largest absolute Gasteiger partial charge is 0.493 e. The Hall–Kier alpha value is -5.06. The molecule has 3 aromatic carbocycles. The van der Waals surface area contributed by atoms with E-state index in [1.807, 2.05) is 26.0 Å². The predicted octanol–water partition coefficient (Wildman–Crippen LogP) is 5.29. The highest BCUT2D eigenvalue weighted by molar-refractivity contribution is 5.98. The molecule has 0 saturated heterocycles. The summed E-state index contributed by atoms with van der Waals surface area (Å²) in [5.74, 6) is 0.448. The third-order valence-electron chi connectivity index (χ3n) is 8.17. The number of methoxy groups -OCH3 is 3. The van der Waals surface area contributed by atoms with Crippen molar-refractivity contribution in [1.29, 1.82) is 0 Å². The lowest BCUT2D eigenvalue weighted by atomic mass is 9.95. The molecule has 46 heavy (non-hydrogen) atoms. The number of ether oxygens (including phenoxy) is 3. The zero-order valence-electron chi connectivity index (χ0n) is 27.3. The summed E-state index contributed by atoms with van der Waals surface area (Å²) >= 11 is 0. The van der Waals surface area contributed by atoms with Gasteiger partial charge in [-0.3, -0.25) is 19.2 Å². The number of nitrogens with one attached hydrogen (secondary N) is 4. The highest BCUT2D eigenvalue weighted by atomic mass is 16.5. The number of rotatable bonds is 11. The van der Waals surface area contributed by atoms with E-state index in [9.17, 15) is 19.2 Å². The van der Waals surface area contributed by atoms with Crippen LogP contribution in [0.15, 0.2) is 53.3 Å². The molecule has 0 radical (unpaired) electrons. The van der Waals surface area contributed by atoms with Crippen molar-refractivity contribution in [3.8, 4) is 28.4 Å². The van der Waals surface area contributed by atoms with E-state index in [1.165, 1.54) is 27.0 Å². The van der Waals surface area contributed by atoms with Crippen LogP contribution in [0.4, 0.5) is 17.1 Å². The second-order valence-electron chi connectivity index (χ2n) is 11.4. The monoisotopic (exact) mass is 630 g/mol. The number of fused-ring (bicyclic) bond motifs is 3. The minimum atomic E-state index is -0.762. The minimum Gasteiger partial charge on any atom is -0.493 e. The second kappa shape index (κ2) is 14.8. The van der Waals surface area contributed by atoms with Crippen molar-refractivity contribution >= 4 is 34.8 Å². The van der Waals surface area contributed by atoms with E-state index in [2.05, 4.69) is 21.3 Å². The van der Waals surface area contributed by atoms with E-state index in [4.69, 9.17) is 14.2 Å². The van der Waals surface area contributed by atoms with Crippen LogP contribution in [-0.2, 0) is 20.8 Å². The van der Waals surface area contributed by atoms with Crippen molar-refractivity contribution in [3.63, 3.8) is 0 Å². The van der Waals surface area contributed by atoms with Gasteiger partial charge in [-0.15, -0.1) is 0 Å². The van der Waals surface area contributed by atoms with Crippen LogP contribution in [-0.4, -0.2) is 45.1 Å². The van der Waals surface area contributed by atoms with Gasteiger partial charge in [-0.05, 0) is 71.8 Å². The molecular weight excluding hydrogens is 588 g/mol. The third-order valence-corrected chi connectivity index (χ3v) is 8.17. The van der Waals surface area contributed by atoms with Crippen molar-refractivity contribution in [2.45, 2.75) is 59.0 Å². The standard InChI is InChI=1S/C35H42N4O7/c1-8-19(2)32(35(43)38-24-11-9-10-23(17-24)36-20(3)40)39-28-15-13-25-26(18-29(28)42)27(37-21(4)41)14-12-22-16-30(44-5)33(45-6)34(46-7)31(22)25/h9-11,13,15-19,27,32H,8,12,14H2,1-7H3,(H,36,40)(H,37,41)(H,38,43)(H,39,42). The Kier molecular flexibility index (Phi) is 10.9. The number of anilines is 3. The Morgan fingerprint density at radius 3 is 2.20 bits per heavy atom. The molecule has 3 aromatic rings. The zero-order valence-corrected chi connectivity index (χ0v) is 27.3. The molecule has 0 aliphatic heterocycles. The Labute approximate surface area is 269 Å². The quantitative estimate of drug-likeness (QED) is 0.224.